The Bertz CT molecular complexity index is 4440. The van der Waals surface area contributed by atoms with Crippen molar-refractivity contribution in [2.24, 2.45) is 0 Å². The zero-order valence-corrected chi connectivity index (χ0v) is 48.1. The van der Waals surface area contributed by atoms with E-state index in [4.69, 9.17) is 0 Å². The second-order valence-electron chi connectivity index (χ2n) is 23.4. The molecule has 0 saturated carbocycles. The average Bonchev–Trinajstić information content (AvgIpc) is 1.50. The van der Waals surface area contributed by atoms with Crippen LogP contribution in [0.2, 0.25) is 0 Å². The summed E-state index contributed by atoms with van der Waals surface area (Å²) < 4.78 is 0. The SMILES string of the molecule is CC1(C2(C)c3ccccc3-c3c2cc(N(c2cccc(-c4ccccc4)c2)c2cccc(-c4ccccc4)c2)c2ccccc32)c2ccccc2-c2c1cc(N(c1cccc(-c3ccccc3)c1)c1cccc(-c3ccccc3)c1)c1ccccc21. The Morgan fingerprint density at radius 2 is 0.465 bits per heavy atom. The van der Waals surface area contributed by atoms with Gasteiger partial charge in [-0.15, -0.1) is 0 Å². The lowest BCUT2D eigenvalue weighted by molar-refractivity contribution is 0.376. The minimum Gasteiger partial charge on any atom is -0.310 e. The molecule has 0 amide bonds. The third-order valence-electron chi connectivity index (χ3n) is 18.9. The van der Waals surface area contributed by atoms with E-state index >= 15 is 0 Å². The first kappa shape index (κ1) is 50.9. The fourth-order valence-corrected chi connectivity index (χ4v) is 14.8. The monoisotopic (exact) mass is 1100 g/mol. The quantitative estimate of drug-likeness (QED) is 0.127. The van der Waals surface area contributed by atoms with E-state index in [0.717, 1.165) is 56.4 Å². The van der Waals surface area contributed by atoms with Gasteiger partial charge in [0.25, 0.3) is 0 Å². The van der Waals surface area contributed by atoms with Crippen molar-refractivity contribution in [3.8, 4) is 66.8 Å². The van der Waals surface area contributed by atoms with Gasteiger partial charge in [0.1, 0.15) is 0 Å². The Hall–Kier alpha value is -10.8. The van der Waals surface area contributed by atoms with E-state index in [1.807, 2.05) is 0 Å². The number of hydrogen-bond donors (Lipinski definition) is 0. The number of hydrogen-bond acceptors (Lipinski definition) is 2. The molecule has 2 heteroatoms. The molecule has 0 heterocycles. The maximum absolute atomic E-state index is 2.59. The second-order valence-corrected chi connectivity index (χ2v) is 23.4. The summed E-state index contributed by atoms with van der Waals surface area (Å²) in [6.07, 6.45) is 0. The molecule has 0 saturated heterocycles. The minimum absolute atomic E-state index is 0.631. The van der Waals surface area contributed by atoms with Crippen LogP contribution in [0, 0.1) is 0 Å². The first-order valence-corrected chi connectivity index (χ1v) is 30.0. The first-order valence-electron chi connectivity index (χ1n) is 30.0. The summed E-state index contributed by atoms with van der Waals surface area (Å²) in [6, 6.07) is 122. The van der Waals surface area contributed by atoms with E-state index in [-0.39, 0.29) is 0 Å². The van der Waals surface area contributed by atoms with Gasteiger partial charge >= 0.3 is 0 Å². The third kappa shape index (κ3) is 8.01. The van der Waals surface area contributed by atoms with Crippen LogP contribution in [0.4, 0.5) is 34.1 Å². The summed E-state index contributed by atoms with van der Waals surface area (Å²) in [5.74, 6) is 0. The highest BCUT2D eigenvalue weighted by Crippen LogP contribution is 2.68. The van der Waals surface area contributed by atoms with Crippen molar-refractivity contribution in [2.45, 2.75) is 24.7 Å². The van der Waals surface area contributed by atoms with Crippen LogP contribution in [0.3, 0.4) is 0 Å². The lowest BCUT2D eigenvalue weighted by Crippen LogP contribution is -2.44. The molecule has 406 valence electrons. The Morgan fingerprint density at radius 1 is 0.209 bits per heavy atom. The molecule has 2 nitrogen and oxygen atoms in total. The van der Waals surface area contributed by atoms with Crippen LogP contribution in [0.25, 0.3) is 88.3 Å². The fraction of sp³-hybridized carbons (Fsp3) is 0.0476. The van der Waals surface area contributed by atoms with Crippen LogP contribution in [0.5, 0.6) is 0 Å². The number of benzene rings is 14. The molecule has 0 spiro atoms. The Labute approximate surface area is 503 Å². The van der Waals surface area contributed by atoms with Crippen molar-refractivity contribution >= 4 is 55.7 Å². The van der Waals surface area contributed by atoms with Crippen LogP contribution in [-0.4, -0.2) is 0 Å². The number of rotatable bonds is 11. The van der Waals surface area contributed by atoms with Gasteiger partial charge in [-0.25, -0.2) is 0 Å². The van der Waals surface area contributed by atoms with Crippen molar-refractivity contribution in [1.29, 1.82) is 0 Å². The summed E-state index contributed by atoms with van der Waals surface area (Å²) >= 11 is 0. The molecule has 0 fully saturated rings. The third-order valence-corrected chi connectivity index (χ3v) is 18.9. The second kappa shape index (κ2) is 20.5. The van der Waals surface area contributed by atoms with Crippen molar-refractivity contribution in [2.75, 3.05) is 9.80 Å². The minimum atomic E-state index is -0.631. The molecule has 2 aliphatic rings. The molecule has 86 heavy (non-hydrogen) atoms. The van der Waals surface area contributed by atoms with Gasteiger partial charge in [0.15, 0.2) is 0 Å². The highest BCUT2D eigenvalue weighted by Gasteiger charge is 2.58. The largest absolute Gasteiger partial charge is 0.310 e. The summed E-state index contributed by atoms with van der Waals surface area (Å²) in [4.78, 5) is 5.06. The van der Waals surface area contributed by atoms with Gasteiger partial charge in [0.2, 0.25) is 0 Å². The average molecular weight is 1100 g/mol. The molecule has 0 N–H and O–H groups in total. The van der Waals surface area contributed by atoms with Gasteiger partial charge in [-0.3, -0.25) is 0 Å². The van der Waals surface area contributed by atoms with E-state index < -0.39 is 10.8 Å². The maximum atomic E-state index is 2.59. The Morgan fingerprint density at radius 3 is 0.779 bits per heavy atom. The van der Waals surface area contributed by atoms with Crippen molar-refractivity contribution in [3.63, 3.8) is 0 Å². The van der Waals surface area contributed by atoms with E-state index in [9.17, 15) is 0 Å². The molecule has 14 aromatic rings. The lowest BCUT2D eigenvalue weighted by atomic mass is 9.56. The van der Waals surface area contributed by atoms with Crippen LogP contribution in [-0.2, 0) is 10.8 Å². The first-order chi connectivity index (χ1) is 42.4. The smallest absolute Gasteiger partial charge is 0.0543 e. The number of anilines is 6. The van der Waals surface area contributed by atoms with Crippen LogP contribution < -0.4 is 9.80 Å². The van der Waals surface area contributed by atoms with Crippen molar-refractivity contribution in [3.05, 3.63) is 350 Å². The van der Waals surface area contributed by atoms with E-state index in [1.165, 1.54) is 88.3 Å². The van der Waals surface area contributed by atoms with Crippen LogP contribution >= 0.6 is 0 Å². The van der Waals surface area contributed by atoms with Gasteiger partial charge < -0.3 is 9.80 Å². The molecule has 14 aromatic carbocycles. The molecule has 2 unspecified atom stereocenters. The predicted molar refractivity (Wildman–Crippen MR) is 363 cm³/mol. The Kier molecular flexibility index (Phi) is 12.1. The van der Waals surface area contributed by atoms with Gasteiger partial charge in [-0.05, 0) is 160 Å². The van der Waals surface area contributed by atoms with Gasteiger partial charge in [0.05, 0.1) is 11.4 Å². The standard InChI is InChI=1S/C84H60N2/c1-83(75-49-21-19-47-73(75)81-71-45-17-15-43-69(71)79(55-77(81)83)85(65-39-23-35-61(51-65)57-27-7-3-8-28-57)66-40-24-36-62(52-66)58-29-9-4-10-30-58)84(2)76-50-22-20-48-74(76)82-72-46-18-16-44-70(72)80(56-78(82)84)86(67-41-25-37-63(53-67)59-31-11-5-12-32-59)68-42-26-38-64(54-68)60-33-13-6-14-34-60/h3-56H,1-2H3. The highest BCUT2D eigenvalue weighted by molar-refractivity contribution is 6.13. The molecular weight excluding hydrogens is 1040 g/mol. The molecule has 0 bridgehead atoms. The van der Waals surface area contributed by atoms with Gasteiger partial charge in [0, 0.05) is 44.4 Å². The summed E-state index contributed by atoms with van der Waals surface area (Å²) in [6.45, 7) is 5.13. The summed E-state index contributed by atoms with van der Waals surface area (Å²) in [7, 11) is 0. The zero-order chi connectivity index (χ0) is 57.3. The van der Waals surface area contributed by atoms with Gasteiger partial charge in [-0.2, -0.15) is 0 Å². The van der Waals surface area contributed by atoms with Crippen LogP contribution in [0.1, 0.15) is 36.1 Å². The number of nitrogens with zero attached hydrogens (tertiary/aromatic N) is 2. The normalized spacial score (nSPS) is 15.4. The Balaban J connectivity index is 0.978. The van der Waals surface area contributed by atoms with E-state index in [1.54, 1.807) is 0 Å². The molecule has 16 rings (SSSR count). The van der Waals surface area contributed by atoms with Gasteiger partial charge in [-0.1, -0.05) is 281 Å². The molecule has 2 atom stereocenters. The summed E-state index contributed by atoms with van der Waals surface area (Å²) in [5.41, 5.74) is 25.1. The molecule has 2 aliphatic carbocycles. The van der Waals surface area contributed by atoms with Crippen LogP contribution in [0.15, 0.2) is 328 Å². The number of fused-ring (bicyclic) bond motifs is 10. The topological polar surface area (TPSA) is 6.48 Å². The zero-order valence-electron chi connectivity index (χ0n) is 48.1. The molecule has 0 aliphatic heterocycles. The highest BCUT2D eigenvalue weighted by atomic mass is 15.2. The fourth-order valence-electron chi connectivity index (χ4n) is 14.8. The molecular formula is C84H60N2. The lowest BCUT2D eigenvalue weighted by Gasteiger charge is -2.46. The van der Waals surface area contributed by atoms with Crippen molar-refractivity contribution in [1.82, 2.24) is 0 Å². The van der Waals surface area contributed by atoms with E-state index in [2.05, 4.69) is 351 Å². The molecule has 0 aromatic heterocycles. The maximum Gasteiger partial charge on any atom is 0.0543 e. The molecule has 0 radical (unpaired) electrons. The van der Waals surface area contributed by atoms with E-state index in [0.29, 0.717) is 0 Å². The van der Waals surface area contributed by atoms with Crippen molar-refractivity contribution < 1.29 is 0 Å². The summed E-state index contributed by atoms with van der Waals surface area (Å²) in [5, 5.41) is 4.85. The predicted octanol–water partition coefficient (Wildman–Crippen LogP) is 22.9.